The van der Waals surface area contributed by atoms with Gasteiger partial charge >= 0.3 is 6.18 Å². The Morgan fingerprint density at radius 1 is 1.43 bits per heavy atom. The average molecular weight is 306 g/mol. The molecule has 21 heavy (non-hydrogen) atoms. The molecule has 0 radical (unpaired) electrons. The van der Waals surface area contributed by atoms with Crippen molar-refractivity contribution >= 4 is 11.4 Å². The minimum atomic E-state index is -4.46. The zero-order valence-corrected chi connectivity index (χ0v) is 11.7. The zero-order chi connectivity index (χ0) is 16.0. The van der Waals surface area contributed by atoms with E-state index in [2.05, 4.69) is 5.32 Å². The van der Waals surface area contributed by atoms with Crippen LogP contribution in [0.15, 0.2) is 18.2 Å². The summed E-state index contributed by atoms with van der Waals surface area (Å²) in [5, 5.41) is 13.9. The Labute approximate surface area is 120 Å². The van der Waals surface area contributed by atoms with E-state index in [0.717, 1.165) is 13.3 Å². The van der Waals surface area contributed by atoms with Crippen molar-refractivity contribution < 1.29 is 22.8 Å². The molecule has 0 saturated carbocycles. The molecule has 1 unspecified atom stereocenters. The molecule has 0 aliphatic carbocycles. The van der Waals surface area contributed by atoms with Crippen LogP contribution < -0.4 is 5.32 Å². The smallest absolute Gasteiger partial charge is 0.379 e. The number of halogens is 3. The average Bonchev–Trinajstić information content (AvgIpc) is 2.41. The number of para-hydroxylation sites is 1. The number of benzene rings is 1. The third kappa shape index (κ3) is 4.89. The molecule has 5 nitrogen and oxygen atoms in total. The van der Waals surface area contributed by atoms with Crippen molar-refractivity contribution in [1.29, 1.82) is 0 Å². The zero-order valence-electron chi connectivity index (χ0n) is 11.7. The predicted octanol–water partition coefficient (Wildman–Crippen LogP) is 3.88. The van der Waals surface area contributed by atoms with Gasteiger partial charge < -0.3 is 10.1 Å². The van der Waals surface area contributed by atoms with Crippen LogP contribution in [0.5, 0.6) is 0 Å². The molecular weight excluding hydrogens is 289 g/mol. The SMILES string of the molecule is CCCNc1c(COC(C)C(F)(F)F)cccc1[N+](=O)[O-]. The number of hydrogen-bond donors (Lipinski definition) is 1. The maximum atomic E-state index is 12.4. The number of nitro groups is 1. The van der Waals surface area contributed by atoms with Crippen molar-refractivity contribution in [3.05, 3.63) is 33.9 Å². The minimum Gasteiger partial charge on any atom is -0.379 e. The van der Waals surface area contributed by atoms with E-state index in [1.54, 1.807) is 0 Å². The van der Waals surface area contributed by atoms with E-state index < -0.39 is 17.2 Å². The molecule has 1 aromatic rings. The highest BCUT2D eigenvalue weighted by Gasteiger charge is 2.37. The number of rotatable bonds is 7. The van der Waals surface area contributed by atoms with Crippen molar-refractivity contribution in [3.8, 4) is 0 Å². The van der Waals surface area contributed by atoms with Crippen LogP contribution in [0.25, 0.3) is 0 Å². The largest absolute Gasteiger partial charge is 0.414 e. The third-order valence-electron chi connectivity index (χ3n) is 2.83. The lowest BCUT2D eigenvalue weighted by molar-refractivity contribution is -0.384. The van der Waals surface area contributed by atoms with Gasteiger partial charge in [-0.15, -0.1) is 0 Å². The second-order valence-corrected chi connectivity index (χ2v) is 4.49. The van der Waals surface area contributed by atoms with Crippen LogP contribution in [0.1, 0.15) is 25.8 Å². The Balaban J connectivity index is 2.95. The van der Waals surface area contributed by atoms with Gasteiger partial charge in [-0.05, 0) is 13.3 Å². The molecular formula is C13H17F3N2O3. The van der Waals surface area contributed by atoms with Crippen LogP contribution in [0, 0.1) is 10.1 Å². The first-order valence-electron chi connectivity index (χ1n) is 6.45. The lowest BCUT2D eigenvalue weighted by Crippen LogP contribution is -2.28. The van der Waals surface area contributed by atoms with Gasteiger partial charge in [0.1, 0.15) is 5.69 Å². The second kappa shape index (κ2) is 7.26. The summed E-state index contributed by atoms with van der Waals surface area (Å²) in [6.07, 6.45) is -5.67. The Kier molecular flexibility index (Phi) is 5.95. The van der Waals surface area contributed by atoms with Crippen LogP contribution in [-0.2, 0) is 11.3 Å². The molecule has 118 valence electrons. The molecule has 0 spiro atoms. The van der Waals surface area contributed by atoms with Crippen LogP contribution in [0.2, 0.25) is 0 Å². The maximum absolute atomic E-state index is 12.4. The second-order valence-electron chi connectivity index (χ2n) is 4.49. The molecule has 0 saturated heterocycles. The third-order valence-corrected chi connectivity index (χ3v) is 2.83. The van der Waals surface area contributed by atoms with Crippen LogP contribution in [0.3, 0.4) is 0 Å². The summed E-state index contributed by atoms with van der Waals surface area (Å²) in [5.74, 6) is 0. The first-order valence-corrected chi connectivity index (χ1v) is 6.45. The Hall–Kier alpha value is -1.83. The number of nitrogens with one attached hydrogen (secondary N) is 1. The highest BCUT2D eigenvalue weighted by atomic mass is 19.4. The lowest BCUT2D eigenvalue weighted by atomic mass is 10.1. The van der Waals surface area contributed by atoms with Crippen molar-refractivity contribution in [2.75, 3.05) is 11.9 Å². The first kappa shape index (κ1) is 17.2. The van der Waals surface area contributed by atoms with Crippen molar-refractivity contribution in [1.82, 2.24) is 0 Å². The number of hydrogen-bond acceptors (Lipinski definition) is 4. The molecule has 0 bridgehead atoms. The summed E-state index contributed by atoms with van der Waals surface area (Å²) in [6.45, 7) is 2.90. The lowest BCUT2D eigenvalue weighted by Gasteiger charge is -2.18. The molecule has 0 amide bonds. The summed E-state index contributed by atoms with van der Waals surface area (Å²) >= 11 is 0. The van der Waals surface area contributed by atoms with Gasteiger partial charge in [0.25, 0.3) is 5.69 Å². The highest BCUT2D eigenvalue weighted by molar-refractivity contribution is 5.66. The van der Waals surface area contributed by atoms with E-state index in [-0.39, 0.29) is 18.0 Å². The quantitative estimate of drug-likeness (QED) is 0.613. The fourth-order valence-corrected chi connectivity index (χ4v) is 1.62. The predicted molar refractivity (Wildman–Crippen MR) is 72.2 cm³/mol. The van der Waals surface area contributed by atoms with Crippen molar-refractivity contribution in [2.24, 2.45) is 0 Å². The van der Waals surface area contributed by atoms with E-state index in [0.29, 0.717) is 12.1 Å². The van der Waals surface area contributed by atoms with E-state index in [9.17, 15) is 23.3 Å². The number of anilines is 1. The van der Waals surface area contributed by atoms with Gasteiger partial charge in [0.05, 0.1) is 11.5 Å². The number of nitrogens with zero attached hydrogens (tertiary/aromatic N) is 1. The van der Waals surface area contributed by atoms with Gasteiger partial charge in [0.15, 0.2) is 6.10 Å². The van der Waals surface area contributed by atoms with Gasteiger partial charge in [-0.2, -0.15) is 13.2 Å². The van der Waals surface area contributed by atoms with Gasteiger partial charge in [0, 0.05) is 18.2 Å². The van der Waals surface area contributed by atoms with E-state index in [1.807, 2.05) is 6.92 Å². The molecule has 8 heteroatoms. The fourth-order valence-electron chi connectivity index (χ4n) is 1.62. The number of ether oxygens (including phenoxy) is 1. The monoisotopic (exact) mass is 306 g/mol. The van der Waals surface area contributed by atoms with Crippen LogP contribution in [0.4, 0.5) is 24.5 Å². The highest BCUT2D eigenvalue weighted by Crippen LogP contribution is 2.30. The molecule has 0 aromatic heterocycles. The maximum Gasteiger partial charge on any atom is 0.414 e. The summed E-state index contributed by atoms with van der Waals surface area (Å²) in [4.78, 5) is 10.4. The van der Waals surface area contributed by atoms with Crippen LogP contribution >= 0.6 is 0 Å². The molecule has 1 atom stereocenters. The molecule has 0 aliphatic heterocycles. The normalized spacial score (nSPS) is 13.0. The van der Waals surface area contributed by atoms with Gasteiger partial charge in [-0.25, -0.2) is 0 Å². The molecule has 1 rings (SSSR count). The Bertz CT molecular complexity index is 492. The van der Waals surface area contributed by atoms with E-state index in [4.69, 9.17) is 4.74 Å². The molecule has 1 aromatic carbocycles. The summed E-state index contributed by atoms with van der Waals surface area (Å²) in [5.41, 5.74) is 0.358. The van der Waals surface area contributed by atoms with Gasteiger partial charge in [-0.3, -0.25) is 10.1 Å². The van der Waals surface area contributed by atoms with E-state index in [1.165, 1.54) is 18.2 Å². The number of alkyl halides is 3. The molecule has 0 fully saturated rings. The van der Waals surface area contributed by atoms with Crippen molar-refractivity contribution in [2.45, 2.75) is 39.2 Å². The van der Waals surface area contributed by atoms with E-state index >= 15 is 0 Å². The number of nitro benzene ring substituents is 1. The molecule has 0 heterocycles. The van der Waals surface area contributed by atoms with Crippen molar-refractivity contribution in [3.63, 3.8) is 0 Å². The summed E-state index contributed by atoms with van der Waals surface area (Å²) in [6, 6.07) is 4.23. The molecule has 1 N–H and O–H groups in total. The van der Waals surface area contributed by atoms with Gasteiger partial charge in [0.2, 0.25) is 0 Å². The molecule has 0 aliphatic rings. The summed E-state index contributed by atoms with van der Waals surface area (Å²) in [7, 11) is 0. The fraction of sp³-hybridized carbons (Fsp3) is 0.538. The topological polar surface area (TPSA) is 64.4 Å². The van der Waals surface area contributed by atoms with Gasteiger partial charge in [-0.1, -0.05) is 19.1 Å². The minimum absolute atomic E-state index is 0.177. The van der Waals surface area contributed by atoms with Crippen LogP contribution in [-0.4, -0.2) is 23.7 Å². The first-order chi connectivity index (χ1) is 9.77. The summed E-state index contributed by atoms with van der Waals surface area (Å²) < 4.78 is 42.0. The standard InChI is InChI=1S/C13H17F3N2O3/c1-3-7-17-12-10(5-4-6-11(12)18(19)20)8-21-9(2)13(14,15)16/h4-6,9,17H,3,7-8H2,1-2H3. The Morgan fingerprint density at radius 3 is 2.62 bits per heavy atom. The Morgan fingerprint density at radius 2 is 2.10 bits per heavy atom.